The first kappa shape index (κ1) is 25.2. The maximum atomic E-state index is 9.88. The zero-order chi connectivity index (χ0) is 27.2. The summed E-state index contributed by atoms with van der Waals surface area (Å²) < 4.78 is 1.92. The predicted molar refractivity (Wildman–Crippen MR) is 154 cm³/mol. The minimum absolute atomic E-state index is 0.222. The number of aromatic nitrogens is 4. The van der Waals surface area contributed by atoms with Crippen molar-refractivity contribution >= 4 is 41.7 Å². The number of nitrogens with zero attached hydrogens (tertiary/aromatic N) is 6. The maximum absolute atomic E-state index is 9.88. The molecule has 8 nitrogen and oxygen atoms in total. The van der Waals surface area contributed by atoms with Gasteiger partial charge in [0.05, 0.1) is 51.1 Å². The van der Waals surface area contributed by atoms with Gasteiger partial charge in [-0.2, -0.15) is 10.5 Å². The van der Waals surface area contributed by atoms with Crippen molar-refractivity contribution in [3.05, 3.63) is 76.2 Å². The maximum Gasteiger partial charge on any atom is 0.148 e. The molecule has 2 heterocycles. The van der Waals surface area contributed by atoms with Gasteiger partial charge in [0.2, 0.25) is 0 Å². The van der Waals surface area contributed by atoms with Crippen LogP contribution >= 0.6 is 11.6 Å². The molecule has 0 amide bonds. The smallest absolute Gasteiger partial charge is 0.148 e. The third kappa shape index (κ3) is 4.68. The van der Waals surface area contributed by atoms with E-state index in [9.17, 15) is 10.5 Å². The number of fused-ring (bicyclic) bond motifs is 1. The van der Waals surface area contributed by atoms with Crippen molar-refractivity contribution < 1.29 is 0 Å². The van der Waals surface area contributed by atoms with E-state index < -0.39 is 5.44 Å². The van der Waals surface area contributed by atoms with Crippen LogP contribution < -0.4 is 10.6 Å². The molecule has 2 aliphatic rings. The summed E-state index contributed by atoms with van der Waals surface area (Å²) in [6.45, 7) is 3.05. The van der Waals surface area contributed by atoms with Crippen LogP contribution in [0.15, 0.2) is 48.8 Å². The molecule has 2 fully saturated rings. The van der Waals surface area contributed by atoms with Gasteiger partial charge in [-0.1, -0.05) is 42.3 Å². The molecule has 2 saturated carbocycles. The van der Waals surface area contributed by atoms with Gasteiger partial charge in [-0.15, -0.1) is 5.10 Å². The monoisotopic (exact) mass is 534 g/mol. The Bertz CT molecular complexity index is 1660. The Morgan fingerprint density at radius 2 is 2.03 bits per heavy atom. The number of hydrogen-bond donors (Lipinski definition) is 2. The first-order chi connectivity index (χ1) is 18.8. The fourth-order valence-electron chi connectivity index (χ4n) is 5.36. The fourth-order valence-corrected chi connectivity index (χ4v) is 5.63. The van der Waals surface area contributed by atoms with Crippen molar-refractivity contribution in [1.82, 2.24) is 20.0 Å². The van der Waals surface area contributed by atoms with Gasteiger partial charge in [0.15, 0.2) is 0 Å². The van der Waals surface area contributed by atoms with Gasteiger partial charge in [-0.05, 0) is 60.9 Å². The molecule has 4 aromatic rings. The molecule has 1 atom stereocenters. The quantitative estimate of drug-likeness (QED) is 0.302. The molecule has 0 spiro atoms. The van der Waals surface area contributed by atoms with Crippen LogP contribution in [0.4, 0.5) is 11.4 Å². The Morgan fingerprint density at radius 3 is 2.72 bits per heavy atom. The Hall–Kier alpha value is -4.08. The van der Waals surface area contributed by atoms with Crippen LogP contribution in [0.3, 0.4) is 0 Å². The molecular weight excluding hydrogens is 507 g/mol. The Morgan fingerprint density at radius 1 is 1.21 bits per heavy atom. The minimum Gasteiger partial charge on any atom is -0.383 e. The minimum atomic E-state index is -0.815. The summed E-state index contributed by atoms with van der Waals surface area (Å²) >= 11 is 6.79. The Balaban J connectivity index is 1.45. The van der Waals surface area contributed by atoms with E-state index in [4.69, 9.17) is 11.6 Å². The molecule has 39 heavy (non-hydrogen) atoms. The second kappa shape index (κ2) is 9.59. The van der Waals surface area contributed by atoms with Gasteiger partial charge < -0.3 is 10.6 Å². The third-order valence-electron chi connectivity index (χ3n) is 8.20. The summed E-state index contributed by atoms with van der Waals surface area (Å²) in [5.74, 6) is 0. The van der Waals surface area contributed by atoms with Crippen LogP contribution in [0.25, 0.3) is 10.9 Å². The van der Waals surface area contributed by atoms with Gasteiger partial charge in [0.1, 0.15) is 19.6 Å². The molecule has 1 unspecified atom stereocenters. The zero-order valence-corrected chi connectivity index (χ0v) is 22.8. The second-order valence-corrected chi connectivity index (χ2v) is 11.7. The largest absolute Gasteiger partial charge is 0.383 e. The number of rotatable bonds is 8. The molecule has 194 valence electrons. The van der Waals surface area contributed by atoms with Gasteiger partial charge in [-0.25, -0.2) is 4.68 Å². The summed E-state index contributed by atoms with van der Waals surface area (Å²) in [5.41, 5.74) is 4.18. The number of anilines is 2. The highest BCUT2D eigenvalue weighted by Crippen LogP contribution is 2.42. The lowest BCUT2D eigenvalue weighted by atomic mass is 9.69. The molecule has 2 aromatic carbocycles. The average molecular weight is 535 g/mol. The van der Waals surface area contributed by atoms with Gasteiger partial charge in [-0.3, -0.25) is 4.98 Å². The fraction of sp³-hybridized carbons (Fsp3) is 0.345. The Kier molecular flexibility index (Phi) is 6.20. The van der Waals surface area contributed by atoms with Gasteiger partial charge in [0, 0.05) is 23.8 Å². The lowest BCUT2D eigenvalue weighted by molar-refractivity contribution is 0.180. The van der Waals surface area contributed by atoms with Crippen molar-refractivity contribution in [2.45, 2.75) is 50.5 Å². The van der Waals surface area contributed by atoms with Crippen LogP contribution in [0.5, 0.6) is 0 Å². The molecule has 2 aliphatic carbocycles. The molecule has 10 heteroatoms. The van der Waals surface area contributed by atoms with E-state index in [2.05, 4.69) is 45.0 Å². The second-order valence-electron chi connectivity index (χ2n) is 11.3. The molecule has 2 N–H and O–H groups in total. The SMILES string of the molecule is BC(Nc1cc(Cl)c2ncc(C#N)c(NCC3(C)CCC3)c2c1)(c1cccc(C#N)c1)c1cn(C2CC2)nn1. The summed E-state index contributed by atoms with van der Waals surface area (Å²) in [7, 11) is 2.03. The van der Waals surface area contributed by atoms with E-state index in [0.717, 1.165) is 47.4 Å². The van der Waals surface area contributed by atoms with Crippen molar-refractivity contribution in [1.29, 1.82) is 10.5 Å². The molecule has 2 aromatic heterocycles. The van der Waals surface area contributed by atoms with Crippen LogP contribution in [0.2, 0.25) is 5.02 Å². The normalized spacial score (nSPS) is 17.4. The van der Waals surface area contributed by atoms with Crippen molar-refractivity contribution in [3.8, 4) is 12.1 Å². The third-order valence-corrected chi connectivity index (χ3v) is 8.49. The number of hydrogen-bond acceptors (Lipinski definition) is 7. The summed E-state index contributed by atoms with van der Waals surface area (Å²) in [6.07, 6.45) is 9.33. The number of nitrogens with one attached hydrogen (secondary N) is 2. The molecule has 0 aliphatic heterocycles. The predicted octanol–water partition coefficient (Wildman–Crippen LogP) is 5.11. The summed E-state index contributed by atoms with van der Waals surface area (Å²) in [4.78, 5) is 4.51. The first-order valence-corrected chi connectivity index (χ1v) is 13.7. The number of benzene rings is 2. The summed E-state index contributed by atoms with van der Waals surface area (Å²) in [6, 6.07) is 16.3. The van der Waals surface area contributed by atoms with Crippen LogP contribution in [0, 0.1) is 28.1 Å². The van der Waals surface area contributed by atoms with Crippen molar-refractivity contribution in [2.24, 2.45) is 5.41 Å². The highest BCUT2D eigenvalue weighted by atomic mass is 35.5. The van der Waals surface area contributed by atoms with E-state index in [-0.39, 0.29) is 5.41 Å². The standard InChI is InChI=1S/C29H28BClN8/c1-28(8-3-9-28)17-35-26-19(14-33)15-34-27-23(26)11-21(12-24(27)31)36-29(30,20-5-2-4-18(10-20)13-32)25-16-39(38-37-25)22-6-7-22/h2,4-5,10-12,15-16,22,36H,3,6-9,17,30H2,1H3,(H,34,35). The highest BCUT2D eigenvalue weighted by molar-refractivity contribution is 6.36. The van der Waals surface area contributed by atoms with E-state index >= 15 is 0 Å². The van der Waals surface area contributed by atoms with Crippen molar-refractivity contribution in [2.75, 3.05) is 17.2 Å². The number of halogens is 1. The van der Waals surface area contributed by atoms with E-state index in [1.807, 2.05) is 49.1 Å². The average Bonchev–Trinajstić information content (AvgIpc) is 3.66. The first-order valence-electron chi connectivity index (χ1n) is 13.3. The van der Waals surface area contributed by atoms with Crippen LogP contribution in [-0.2, 0) is 5.44 Å². The zero-order valence-electron chi connectivity index (χ0n) is 22.0. The lowest BCUT2D eigenvalue weighted by Gasteiger charge is -2.39. The molecule has 0 radical (unpaired) electrons. The van der Waals surface area contributed by atoms with Gasteiger partial charge in [0.25, 0.3) is 0 Å². The molecule has 0 saturated heterocycles. The molecule has 0 bridgehead atoms. The topological polar surface area (TPSA) is 115 Å². The Labute approximate surface area is 233 Å². The lowest BCUT2D eigenvalue weighted by Crippen LogP contribution is -2.38. The molecule has 6 rings (SSSR count). The highest BCUT2D eigenvalue weighted by Gasteiger charge is 2.35. The van der Waals surface area contributed by atoms with E-state index in [1.54, 1.807) is 12.3 Å². The van der Waals surface area contributed by atoms with Crippen LogP contribution in [-0.4, -0.2) is 34.4 Å². The number of nitriles is 2. The molecular formula is C29H28BClN8. The van der Waals surface area contributed by atoms with Gasteiger partial charge >= 0.3 is 0 Å². The number of pyridine rings is 1. The van der Waals surface area contributed by atoms with E-state index in [0.29, 0.717) is 27.7 Å². The van der Waals surface area contributed by atoms with Crippen molar-refractivity contribution in [3.63, 3.8) is 0 Å². The summed E-state index contributed by atoms with van der Waals surface area (Å²) in [5, 5.41) is 36.9. The van der Waals surface area contributed by atoms with E-state index in [1.165, 1.54) is 19.3 Å². The van der Waals surface area contributed by atoms with Crippen LogP contribution in [0.1, 0.15) is 67.5 Å².